The summed E-state index contributed by atoms with van der Waals surface area (Å²) in [6.45, 7) is 5.29. The number of unbranched alkanes of at least 4 members (excludes halogenated alkanes) is 1. The fraction of sp³-hybridized carbons (Fsp3) is 0.364. The first-order chi connectivity index (χ1) is 14.3. The maximum atomic E-state index is 13.3. The highest BCUT2D eigenvalue weighted by atomic mass is 19.1. The smallest absolute Gasteiger partial charge is 0.191 e. The molecule has 0 aliphatic heterocycles. The van der Waals surface area contributed by atoms with E-state index in [1.54, 1.807) is 6.20 Å². The van der Waals surface area contributed by atoms with Crippen molar-refractivity contribution in [1.29, 1.82) is 0 Å². The van der Waals surface area contributed by atoms with Crippen molar-refractivity contribution in [2.45, 2.75) is 26.2 Å². The zero-order valence-corrected chi connectivity index (χ0v) is 16.8. The molecule has 0 atom stereocenters. The minimum atomic E-state index is -0.221. The third-order valence-corrected chi connectivity index (χ3v) is 4.59. The predicted octanol–water partition coefficient (Wildman–Crippen LogP) is 3.69. The standard InChI is InChI=1S/C22H29FN6/c1-2-24-22(27-13-6-5-12-26-21-7-3-4-11-25-21)28-14-10-17-16-29-20-15-18(23)8-9-19(17)20/h3-4,7-9,11,15-16,29H,2,5-6,10,12-14H2,1H3,(H,25,26)(H2,24,27,28). The molecule has 3 rings (SSSR count). The Morgan fingerprint density at radius 2 is 2.07 bits per heavy atom. The van der Waals surface area contributed by atoms with Crippen LogP contribution in [-0.2, 0) is 6.42 Å². The molecule has 0 aliphatic rings. The van der Waals surface area contributed by atoms with Crippen molar-refractivity contribution in [2.75, 3.05) is 31.5 Å². The Morgan fingerprint density at radius 1 is 1.14 bits per heavy atom. The lowest BCUT2D eigenvalue weighted by Gasteiger charge is -2.11. The number of nitrogens with zero attached hydrogens (tertiary/aromatic N) is 2. The number of anilines is 1. The molecule has 0 amide bonds. The molecule has 0 saturated heterocycles. The molecule has 0 unspecified atom stereocenters. The summed E-state index contributed by atoms with van der Waals surface area (Å²) < 4.78 is 13.3. The van der Waals surface area contributed by atoms with Gasteiger partial charge in [0, 0.05) is 49.5 Å². The van der Waals surface area contributed by atoms with Crippen molar-refractivity contribution < 1.29 is 4.39 Å². The van der Waals surface area contributed by atoms with E-state index in [1.165, 1.54) is 17.7 Å². The van der Waals surface area contributed by atoms with E-state index >= 15 is 0 Å². The van der Waals surface area contributed by atoms with Gasteiger partial charge in [0.05, 0.1) is 0 Å². The largest absolute Gasteiger partial charge is 0.370 e. The van der Waals surface area contributed by atoms with Crippen molar-refractivity contribution in [2.24, 2.45) is 4.99 Å². The number of nitrogens with one attached hydrogen (secondary N) is 4. The zero-order valence-electron chi connectivity index (χ0n) is 16.8. The number of benzene rings is 1. The molecule has 0 saturated carbocycles. The molecule has 29 heavy (non-hydrogen) atoms. The van der Waals surface area contributed by atoms with Gasteiger partial charge >= 0.3 is 0 Å². The van der Waals surface area contributed by atoms with Gasteiger partial charge in [0.2, 0.25) is 0 Å². The van der Waals surface area contributed by atoms with Gasteiger partial charge in [-0.1, -0.05) is 6.07 Å². The minimum Gasteiger partial charge on any atom is -0.370 e. The Balaban J connectivity index is 1.39. The Bertz CT molecular complexity index is 906. The van der Waals surface area contributed by atoms with Gasteiger partial charge in [-0.3, -0.25) is 4.99 Å². The summed E-state index contributed by atoms with van der Waals surface area (Å²) in [4.78, 5) is 12.0. The fourth-order valence-electron chi connectivity index (χ4n) is 3.13. The van der Waals surface area contributed by atoms with Crippen LogP contribution >= 0.6 is 0 Å². The number of hydrogen-bond donors (Lipinski definition) is 4. The van der Waals surface area contributed by atoms with Crippen molar-refractivity contribution in [3.05, 3.63) is 60.2 Å². The molecular formula is C22H29FN6. The van der Waals surface area contributed by atoms with Crippen molar-refractivity contribution >= 4 is 22.7 Å². The molecule has 0 spiro atoms. The number of halogens is 1. The lowest BCUT2D eigenvalue weighted by atomic mass is 10.1. The second kappa shape index (κ2) is 11.0. The first kappa shape index (κ1) is 20.6. The molecule has 0 fully saturated rings. The molecule has 4 N–H and O–H groups in total. The van der Waals surface area contributed by atoms with Crippen LogP contribution in [0.1, 0.15) is 25.3 Å². The summed E-state index contributed by atoms with van der Waals surface area (Å²) in [5.74, 6) is 1.52. The van der Waals surface area contributed by atoms with E-state index in [1.807, 2.05) is 30.5 Å². The topological polar surface area (TPSA) is 77.1 Å². The highest BCUT2D eigenvalue weighted by Gasteiger charge is 2.05. The normalized spacial score (nSPS) is 11.6. The molecule has 2 heterocycles. The summed E-state index contributed by atoms with van der Waals surface area (Å²) in [5.41, 5.74) is 2.00. The van der Waals surface area contributed by atoms with Crippen molar-refractivity contribution in [3.63, 3.8) is 0 Å². The number of fused-ring (bicyclic) bond motifs is 1. The summed E-state index contributed by atoms with van der Waals surface area (Å²) in [5, 5.41) is 11.0. The van der Waals surface area contributed by atoms with Gasteiger partial charge < -0.3 is 20.9 Å². The number of aliphatic imine (C=N–C) groups is 1. The highest BCUT2D eigenvalue weighted by Crippen LogP contribution is 2.19. The first-order valence-electron chi connectivity index (χ1n) is 10.2. The summed E-state index contributed by atoms with van der Waals surface area (Å²) in [6, 6.07) is 10.7. The molecule has 1 aromatic carbocycles. The lowest BCUT2D eigenvalue weighted by molar-refractivity contribution is 0.629. The van der Waals surface area contributed by atoms with E-state index < -0.39 is 0 Å². The second-order valence-corrected chi connectivity index (χ2v) is 6.79. The quantitative estimate of drug-likeness (QED) is 0.239. The van der Waals surface area contributed by atoms with Crippen LogP contribution in [0.5, 0.6) is 0 Å². The summed E-state index contributed by atoms with van der Waals surface area (Å²) >= 11 is 0. The molecule has 0 aliphatic carbocycles. The monoisotopic (exact) mass is 396 g/mol. The molecule has 6 nitrogen and oxygen atoms in total. The van der Waals surface area contributed by atoms with Gasteiger partial charge in [-0.2, -0.15) is 0 Å². The Labute approximate surface area is 171 Å². The van der Waals surface area contributed by atoms with Crippen LogP contribution in [0.3, 0.4) is 0 Å². The number of guanidine groups is 1. The van der Waals surface area contributed by atoms with Gasteiger partial charge in [0.25, 0.3) is 0 Å². The molecule has 0 radical (unpaired) electrons. The Morgan fingerprint density at radius 3 is 2.90 bits per heavy atom. The number of hydrogen-bond acceptors (Lipinski definition) is 3. The fourth-order valence-corrected chi connectivity index (χ4v) is 3.13. The zero-order chi connectivity index (χ0) is 20.3. The molecule has 154 valence electrons. The van der Waals surface area contributed by atoms with E-state index in [4.69, 9.17) is 0 Å². The second-order valence-electron chi connectivity index (χ2n) is 6.79. The van der Waals surface area contributed by atoms with Gasteiger partial charge in [-0.15, -0.1) is 0 Å². The Hall–Kier alpha value is -3.09. The van der Waals surface area contributed by atoms with Crippen LogP contribution in [0.25, 0.3) is 10.9 Å². The predicted molar refractivity (Wildman–Crippen MR) is 118 cm³/mol. The molecule has 3 aromatic rings. The third-order valence-electron chi connectivity index (χ3n) is 4.59. The lowest BCUT2D eigenvalue weighted by Crippen LogP contribution is -2.38. The van der Waals surface area contributed by atoms with Gasteiger partial charge in [0.15, 0.2) is 5.96 Å². The van der Waals surface area contributed by atoms with Crippen molar-refractivity contribution in [1.82, 2.24) is 20.6 Å². The van der Waals surface area contributed by atoms with Crippen LogP contribution < -0.4 is 16.0 Å². The van der Waals surface area contributed by atoms with Crippen LogP contribution in [0, 0.1) is 5.82 Å². The van der Waals surface area contributed by atoms with E-state index in [0.717, 1.165) is 68.1 Å². The number of rotatable bonds is 10. The molecule has 7 heteroatoms. The summed E-state index contributed by atoms with van der Waals surface area (Å²) in [7, 11) is 0. The van der Waals surface area contributed by atoms with E-state index in [9.17, 15) is 4.39 Å². The third kappa shape index (κ3) is 6.48. The van der Waals surface area contributed by atoms with Crippen molar-refractivity contribution in [3.8, 4) is 0 Å². The van der Waals surface area contributed by atoms with E-state index in [0.29, 0.717) is 0 Å². The van der Waals surface area contributed by atoms with Crippen LogP contribution in [0.4, 0.5) is 10.2 Å². The number of aromatic amines is 1. The van der Waals surface area contributed by atoms with Gasteiger partial charge in [-0.05, 0) is 62.1 Å². The van der Waals surface area contributed by atoms with Crippen LogP contribution in [0.15, 0.2) is 53.8 Å². The summed E-state index contributed by atoms with van der Waals surface area (Å²) in [6.07, 6.45) is 6.61. The molecule has 0 bridgehead atoms. The minimum absolute atomic E-state index is 0.221. The molecular weight excluding hydrogens is 367 g/mol. The van der Waals surface area contributed by atoms with Gasteiger partial charge in [-0.25, -0.2) is 9.37 Å². The first-order valence-corrected chi connectivity index (χ1v) is 10.2. The highest BCUT2D eigenvalue weighted by molar-refractivity contribution is 5.83. The van der Waals surface area contributed by atoms with Gasteiger partial charge in [0.1, 0.15) is 11.6 Å². The van der Waals surface area contributed by atoms with Crippen LogP contribution in [0.2, 0.25) is 0 Å². The number of H-pyrrole nitrogens is 1. The maximum Gasteiger partial charge on any atom is 0.191 e. The number of pyridine rings is 1. The van der Waals surface area contributed by atoms with Crippen LogP contribution in [-0.4, -0.2) is 42.1 Å². The van der Waals surface area contributed by atoms with E-state index in [2.05, 4.69) is 37.8 Å². The average Bonchev–Trinajstić information content (AvgIpc) is 3.13. The average molecular weight is 397 g/mol. The molecule has 2 aromatic heterocycles. The number of aromatic nitrogens is 2. The maximum absolute atomic E-state index is 13.3. The van der Waals surface area contributed by atoms with E-state index in [-0.39, 0.29) is 5.82 Å². The SMILES string of the molecule is CCNC(=NCCCCNc1ccccn1)NCCc1c[nH]c2cc(F)ccc12. The Kier molecular flexibility index (Phi) is 7.86.